The Morgan fingerprint density at radius 2 is 2.09 bits per heavy atom. The molecule has 0 fully saturated rings. The molecule has 0 aromatic carbocycles. The van der Waals surface area contributed by atoms with E-state index in [4.69, 9.17) is 5.73 Å². The van der Waals surface area contributed by atoms with Crippen LogP contribution < -0.4 is 5.73 Å². The Labute approximate surface area is 65.0 Å². The molecule has 2 N–H and O–H groups in total. The van der Waals surface area contributed by atoms with E-state index in [1.165, 1.54) is 0 Å². The standard InChI is InChI=1S/C7H11NO3/c1-3-6(9)11-4-5(2)7(8)10/h2-4H2,1H3,(H2,8,10). The maximum absolute atomic E-state index is 10.5. The Hall–Kier alpha value is -1.32. The number of hydrogen-bond donors (Lipinski definition) is 1. The van der Waals surface area contributed by atoms with E-state index in [2.05, 4.69) is 11.3 Å². The lowest BCUT2D eigenvalue weighted by Crippen LogP contribution is -2.18. The second kappa shape index (κ2) is 4.49. The van der Waals surface area contributed by atoms with Gasteiger partial charge >= 0.3 is 5.97 Å². The van der Waals surface area contributed by atoms with Gasteiger partial charge in [0.25, 0.3) is 0 Å². The second-order valence-corrected chi connectivity index (χ2v) is 1.98. The van der Waals surface area contributed by atoms with Gasteiger partial charge in [-0.05, 0) is 0 Å². The van der Waals surface area contributed by atoms with E-state index < -0.39 is 5.91 Å². The topological polar surface area (TPSA) is 69.4 Å². The Kier molecular flexibility index (Phi) is 3.95. The van der Waals surface area contributed by atoms with E-state index in [0.717, 1.165) is 0 Å². The van der Waals surface area contributed by atoms with Crippen LogP contribution in [0.3, 0.4) is 0 Å². The number of hydrogen-bond acceptors (Lipinski definition) is 3. The van der Waals surface area contributed by atoms with Crippen LogP contribution in [0.5, 0.6) is 0 Å². The van der Waals surface area contributed by atoms with Crippen molar-refractivity contribution in [3.05, 3.63) is 12.2 Å². The number of primary amides is 1. The first-order chi connectivity index (χ1) is 5.07. The molecule has 4 heteroatoms. The van der Waals surface area contributed by atoms with Crippen molar-refractivity contribution >= 4 is 11.9 Å². The summed E-state index contributed by atoms with van der Waals surface area (Å²) in [6, 6.07) is 0. The van der Waals surface area contributed by atoms with Gasteiger partial charge in [0.2, 0.25) is 5.91 Å². The molecule has 0 saturated carbocycles. The fourth-order valence-corrected chi connectivity index (χ4v) is 0.341. The molecule has 11 heavy (non-hydrogen) atoms. The monoisotopic (exact) mass is 157 g/mol. The molecule has 62 valence electrons. The predicted octanol–water partition coefficient (Wildman–Crippen LogP) is -0.0189. The number of rotatable bonds is 4. The zero-order chi connectivity index (χ0) is 8.85. The molecule has 0 unspecified atom stereocenters. The molecule has 0 aromatic rings. The number of carbonyl (C=O) groups is 2. The Morgan fingerprint density at radius 3 is 2.45 bits per heavy atom. The maximum Gasteiger partial charge on any atom is 0.305 e. The molecule has 1 amide bonds. The predicted molar refractivity (Wildman–Crippen MR) is 39.6 cm³/mol. The summed E-state index contributed by atoms with van der Waals surface area (Å²) in [7, 11) is 0. The van der Waals surface area contributed by atoms with Gasteiger partial charge in [0.05, 0.1) is 0 Å². The Balaban J connectivity index is 3.63. The highest BCUT2D eigenvalue weighted by atomic mass is 16.5. The van der Waals surface area contributed by atoms with Gasteiger partial charge in [0.15, 0.2) is 0 Å². The largest absolute Gasteiger partial charge is 0.461 e. The van der Waals surface area contributed by atoms with Crippen molar-refractivity contribution in [1.82, 2.24) is 0 Å². The summed E-state index contributed by atoms with van der Waals surface area (Å²) >= 11 is 0. The van der Waals surface area contributed by atoms with Gasteiger partial charge in [-0.1, -0.05) is 13.5 Å². The van der Waals surface area contributed by atoms with Gasteiger partial charge in [-0.25, -0.2) is 0 Å². The third kappa shape index (κ3) is 4.13. The van der Waals surface area contributed by atoms with Crippen molar-refractivity contribution in [2.75, 3.05) is 6.61 Å². The van der Waals surface area contributed by atoms with Crippen LogP contribution in [0, 0.1) is 0 Å². The molecule has 0 heterocycles. The highest BCUT2D eigenvalue weighted by molar-refractivity contribution is 5.91. The highest BCUT2D eigenvalue weighted by Gasteiger charge is 2.04. The van der Waals surface area contributed by atoms with E-state index >= 15 is 0 Å². The van der Waals surface area contributed by atoms with Crippen LogP contribution in [-0.2, 0) is 14.3 Å². The third-order valence-corrected chi connectivity index (χ3v) is 1.04. The van der Waals surface area contributed by atoms with Crippen molar-refractivity contribution < 1.29 is 14.3 Å². The minimum atomic E-state index is -0.645. The summed E-state index contributed by atoms with van der Waals surface area (Å²) < 4.78 is 4.57. The lowest BCUT2D eigenvalue weighted by atomic mass is 10.3. The van der Waals surface area contributed by atoms with Gasteiger partial charge in [0.1, 0.15) is 6.61 Å². The lowest BCUT2D eigenvalue weighted by Gasteiger charge is -2.01. The second-order valence-electron chi connectivity index (χ2n) is 1.98. The molecule has 0 spiro atoms. The minimum absolute atomic E-state index is 0.104. The van der Waals surface area contributed by atoms with Gasteiger partial charge in [-0.3, -0.25) is 9.59 Å². The zero-order valence-corrected chi connectivity index (χ0v) is 6.42. The molecule has 4 nitrogen and oxygen atoms in total. The highest BCUT2D eigenvalue weighted by Crippen LogP contribution is 1.91. The summed E-state index contributed by atoms with van der Waals surface area (Å²) in [5.74, 6) is -1.01. The fourth-order valence-electron chi connectivity index (χ4n) is 0.341. The SMILES string of the molecule is C=C(COC(=O)CC)C(N)=O. The Morgan fingerprint density at radius 1 is 1.55 bits per heavy atom. The van der Waals surface area contributed by atoms with Gasteiger partial charge in [0, 0.05) is 12.0 Å². The van der Waals surface area contributed by atoms with Crippen molar-refractivity contribution in [3.8, 4) is 0 Å². The first-order valence-corrected chi connectivity index (χ1v) is 3.21. The third-order valence-electron chi connectivity index (χ3n) is 1.04. The van der Waals surface area contributed by atoms with Crippen LogP contribution in [-0.4, -0.2) is 18.5 Å². The molecule has 0 atom stereocenters. The van der Waals surface area contributed by atoms with E-state index in [0.29, 0.717) is 0 Å². The van der Waals surface area contributed by atoms with Crippen molar-refractivity contribution in [2.24, 2.45) is 5.73 Å². The Bertz CT molecular complexity index is 186. The van der Waals surface area contributed by atoms with Gasteiger partial charge in [-0.2, -0.15) is 0 Å². The van der Waals surface area contributed by atoms with Crippen LogP contribution in [0.1, 0.15) is 13.3 Å². The molecule has 0 aliphatic heterocycles. The summed E-state index contributed by atoms with van der Waals surface area (Å²) in [5, 5.41) is 0. The minimum Gasteiger partial charge on any atom is -0.461 e. The summed E-state index contributed by atoms with van der Waals surface area (Å²) in [4.78, 5) is 20.9. The normalized spacial score (nSPS) is 8.82. The van der Waals surface area contributed by atoms with Crippen LogP contribution in [0.2, 0.25) is 0 Å². The van der Waals surface area contributed by atoms with E-state index in [1.807, 2.05) is 0 Å². The first kappa shape index (κ1) is 9.68. The van der Waals surface area contributed by atoms with E-state index in [9.17, 15) is 9.59 Å². The number of nitrogens with two attached hydrogens (primary N) is 1. The maximum atomic E-state index is 10.5. The van der Waals surface area contributed by atoms with E-state index in [1.54, 1.807) is 6.92 Å². The summed E-state index contributed by atoms with van der Waals surface area (Å²) in [5.41, 5.74) is 4.94. The van der Waals surface area contributed by atoms with Crippen LogP contribution in [0.25, 0.3) is 0 Å². The molecule has 0 aromatic heterocycles. The molecular formula is C7H11NO3. The smallest absolute Gasteiger partial charge is 0.305 e. The van der Waals surface area contributed by atoms with Crippen LogP contribution >= 0.6 is 0 Å². The van der Waals surface area contributed by atoms with Gasteiger partial charge in [-0.15, -0.1) is 0 Å². The molecule has 0 saturated heterocycles. The average molecular weight is 157 g/mol. The average Bonchev–Trinajstić information content (AvgIpc) is 1.99. The molecule has 0 rings (SSSR count). The lowest BCUT2D eigenvalue weighted by molar-refractivity contribution is -0.142. The molecule has 0 aliphatic carbocycles. The number of carbonyl (C=O) groups excluding carboxylic acids is 2. The number of esters is 1. The molecular weight excluding hydrogens is 146 g/mol. The zero-order valence-electron chi connectivity index (χ0n) is 6.42. The number of amides is 1. The van der Waals surface area contributed by atoms with Crippen LogP contribution in [0.15, 0.2) is 12.2 Å². The molecule has 0 bridgehead atoms. The fraction of sp³-hybridized carbons (Fsp3) is 0.429. The van der Waals surface area contributed by atoms with Gasteiger partial charge < -0.3 is 10.5 Å². The summed E-state index contributed by atoms with van der Waals surface area (Å²) in [6.07, 6.45) is 0.284. The molecule has 0 radical (unpaired) electrons. The summed E-state index contributed by atoms with van der Waals surface area (Å²) in [6.45, 7) is 4.86. The van der Waals surface area contributed by atoms with Crippen molar-refractivity contribution in [1.29, 1.82) is 0 Å². The van der Waals surface area contributed by atoms with Crippen molar-refractivity contribution in [3.63, 3.8) is 0 Å². The van der Waals surface area contributed by atoms with Crippen molar-refractivity contribution in [2.45, 2.75) is 13.3 Å². The number of ether oxygens (including phenoxy) is 1. The van der Waals surface area contributed by atoms with E-state index in [-0.39, 0.29) is 24.6 Å². The molecule has 0 aliphatic rings. The quantitative estimate of drug-likeness (QED) is 0.460. The van der Waals surface area contributed by atoms with Crippen LogP contribution in [0.4, 0.5) is 0 Å². The first-order valence-electron chi connectivity index (χ1n) is 3.21.